The van der Waals surface area contributed by atoms with E-state index in [9.17, 15) is 14.0 Å². The Morgan fingerprint density at radius 2 is 2.08 bits per heavy atom. The molecule has 1 aliphatic heterocycles. The van der Waals surface area contributed by atoms with Crippen molar-refractivity contribution in [2.24, 2.45) is 0 Å². The lowest BCUT2D eigenvalue weighted by Crippen LogP contribution is -2.26. The Balaban J connectivity index is 1.73. The van der Waals surface area contributed by atoms with Gasteiger partial charge >= 0.3 is 0 Å². The molecular formula is C17H17FN2O4. The van der Waals surface area contributed by atoms with Crippen molar-refractivity contribution in [2.75, 3.05) is 17.2 Å². The standard InChI is InChI=1S/C17H17FN2O4/c1-10-12(6-8-23-10)16(21)20-14-9-11(4-5-13(14)18)19-17(22)15-3-2-7-24-15/h4-6,8-9,15H,2-3,7H2,1H3,(H,19,22)(H,20,21). The molecule has 2 aromatic rings. The van der Waals surface area contributed by atoms with Crippen LogP contribution in [0.15, 0.2) is 34.9 Å². The van der Waals surface area contributed by atoms with Crippen molar-refractivity contribution >= 4 is 23.2 Å². The molecule has 0 spiro atoms. The highest BCUT2D eigenvalue weighted by Crippen LogP contribution is 2.22. The predicted octanol–water partition coefficient (Wildman–Crippen LogP) is 3.10. The lowest BCUT2D eigenvalue weighted by molar-refractivity contribution is -0.124. The smallest absolute Gasteiger partial charge is 0.259 e. The van der Waals surface area contributed by atoms with Crippen LogP contribution in [0.2, 0.25) is 0 Å². The second kappa shape index (κ2) is 6.84. The van der Waals surface area contributed by atoms with E-state index in [1.807, 2.05) is 0 Å². The van der Waals surface area contributed by atoms with Gasteiger partial charge in [-0.2, -0.15) is 0 Å². The number of nitrogens with one attached hydrogen (secondary N) is 2. The third-order valence-corrected chi connectivity index (χ3v) is 3.81. The Labute approximate surface area is 138 Å². The third kappa shape index (κ3) is 3.46. The molecule has 0 aliphatic carbocycles. The van der Waals surface area contributed by atoms with Crippen molar-refractivity contribution in [1.29, 1.82) is 0 Å². The van der Waals surface area contributed by atoms with E-state index in [2.05, 4.69) is 10.6 Å². The number of halogens is 1. The maximum absolute atomic E-state index is 13.9. The number of benzene rings is 1. The van der Waals surface area contributed by atoms with E-state index in [1.165, 1.54) is 30.5 Å². The second-order valence-electron chi connectivity index (χ2n) is 5.53. The van der Waals surface area contributed by atoms with Gasteiger partial charge in [0.2, 0.25) is 0 Å². The van der Waals surface area contributed by atoms with Gasteiger partial charge in [0, 0.05) is 12.3 Å². The summed E-state index contributed by atoms with van der Waals surface area (Å²) >= 11 is 0. The van der Waals surface area contributed by atoms with Gasteiger partial charge in [0.1, 0.15) is 17.7 Å². The van der Waals surface area contributed by atoms with Crippen LogP contribution in [0.5, 0.6) is 0 Å². The molecule has 0 bridgehead atoms. The van der Waals surface area contributed by atoms with Crippen molar-refractivity contribution in [3.8, 4) is 0 Å². The number of hydrogen-bond acceptors (Lipinski definition) is 4. The Hall–Kier alpha value is -2.67. The molecule has 1 fully saturated rings. The lowest BCUT2D eigenvalue weighted by Gasteiger charge is -2.12. The Morgan fingerprint density at radius 3 is 2.75 bits per heavy atom. The van der Waals surface area contributed by atoms with Gasteiger partial charge in [-0.15, -0.1) is 0 Å². The van der Waals surface area contributed by atoms with Crippen LogP contribution in [0.25, 0.3) is 0 Å². The van der Waals surface area contributed by atoms with Crippen LogP contribution < -0.4 is 10.6 Å². The van der Waals surface area contributed by atoms with E-state index in [0.717, 1.165) is 6.42 Å². The number of aryl methyl sites for hydroxylation is 1. The number of carbonyl (C=O) groups is 2. The van der Waals surface area contributed by atoms with Gasteiger partial charge in [0.25, 0.3) is 11.8 Å². The minimum atomic E-state index is -0.598. The highest BCUT2D eigenvalue weighted by atomic mass is 19.1. The van der Waals surface area contributed by atoms with Gasteiger partial charge in [-0.1, -0.05) is 0 Å². The van der Waals surface area contributed by atoms with Gasteiger partial charge in [-0.05, 0) is 44.0 Å². The molecule has 1 aromatic carbocycles. The summed E-state index contributed by atoms with van der Waals surface area (Å²) in [5, 5.41) is 5.15. The van der Waals surface area contributed by atoms with E-state index < -0.39 is 17.8 Å². The number of hydrogen-bond donors (Lipinski definition) is 2. The normalized spacial score (nSPS) is 16.8. The fraction of sp³-hybridized carbons (Fsp3) is 0.294. The first-order valence-corrected chi connectivity index (χ1v) is 7.62. The van der Waals surface area contributed by atoms with Crippen LogP contribution in [0.4, 0.5) is 15.8 Å². The Morgan fingerprint density at radius 1 is 1.25 bits per heavy atom. The number of carbonyl (C=O) groups excluding carboxylic acids is 2. The van der Waals surface area contributed by atoms with Gasteiger partial charge in [-0.3, -0.25) is 9.59 Å². The van der Waals surface area contributed by atoms with Crippen molar-refractivity contribution < 1.29 is 23.1 Å². The molecule has 1 aliphatic rings. The molecule has 24 heavy (non-hydrogen) atoms. The first kappa shape index (κ1) is 16.2. The molecule has 6 nitrogen and oxygen atoms in total. The molecule has 1 saturated heterocycles. The number of anilines is 2. The summed E-state index contributed by atoms with van der Waals surface area (Å²) in [4.78, 5) is 24.2. The van der Waals surface area contributed by atoms with E-state index in [0.29, 0.717) is 30.0 Å². The zero-order valence-electron chi connectivity index (χ0n) is 13.1. The molecule has 2 N–H and O–H groups in total. The topological polar surface area (TPSA) is 80.6 Å². The molecule has 2 amide bonds. The summed E-state index contributed by atoms with van der Waals surface area (Å²) < 4.78 is 24.3. The Kier molecular flexibility index (Phi) is 4.61. The zero-order valence-corrected chi connectivity index (χ0v) is 13.1. The SMILES string of the molecule is Cc1occc1C(=O)Nc1cc(NC(=O)C2CCCO2)ccc1F. The molecule has 0 radical (unpaired) electrons. The molecule has 0 saturated carbocycles. The van der Waals surface area contributed by atoms with Crippen molar-refractivity contribution in [2.45, 2.75) is 25.9 Å². The quantitative estimate of drug-likeness (QED) is 0.901. The number of ether oxygens (including phenoxy) is 1. The zero-order chi connectivity index (χ0) is 17.1. The molecule has 1 unspecified atom stereocenters. The lowest BCUT2D eigenvalue weighted by atomic mass is 10.2. The van der Waals surface area contributed by atoms with Crippen LogP contribution in [-0.4, -0.2) is 24.5 Å². The first-order chi connectivity index (χ1) is 11.5. The predicted molar refractivity (Wildman–Crippen MR) is 85.4 cm³/mol. The molecule has 3 rings (SSSR count). The van der Waals surface area contributed by atoms with Crippen LogP contribution in [0.1, 0.15) is 29.0 Å². The van der Waals surface area contributed by atoms with Gasteiger partial charge in [-0.25, -0.2) is 4.39 Å². The van der Waals surface area contributed by atoms with Crippen molar-refractivity contribution in [3.05, 3.63) is 47.7 Å². The van der Waals surface area contributed by atoms with Crippen LogP contribution in [0.3, 0.4) is 0 Å². The van der Waals surface area contributed by atoms with Crippen LogP contribution >= 0.6 is 0 Å². The average molecular weight is 332 g/mol. The van der Waals surface area contributed by atoms with Crippen molar-refractivity contribution in [1.82, 2.24) is 0 Å². The fourth-order valence-electron chi connectivity index (χ4n) is 2.52. The highest BCUT2D eigenvalue weighted by molar-refractivity contribution is 6.05. The number of furan rings is 1. The molecule has 1 atom stereocenters. The average Bonchev–Trinajstić information content (AvgIpc) is 3.21. The molecule has 1 aromatic heterocycles. The maximum Gasteiger partial charge on any atom is 0.259 e. The second-order valence-corrected chi connectivity index (χ2v) is 5.53. The summed E-state index contributed by atoms with van der Waals surface area (Å²) in [7, 11) is 0. The van der Waals surface area contributed by atoms with Crippen molar-refractivity contribution in [3.63, 3.8) is 0 Å². The molecular weight excluding hydrogens is 315 g/mol. The first-order valence-electron chi connectivity index (χ1n) is 7.62. The minimum Gasteiger partial charge on any atom is -0.469 e. The molecule has 126 valence electrons. The fourth-order valence-corrected chi connectivity index (χ4v) is 2.52. The van der Waals surface area contributed by atoms with Gasteiger partial charge in [0.05, 0.1) is 17.5 Å². The van der Waals surface area contributed by atoms with E-state index >= 15 is 0 Å². The minimum absolute atomic E-state index is 0.0225. The Bertz CT molecular complexity index is 766. The number of amides is 2. The highest BCUT2D eigenvalue weighted by Gasteiger charge is 2.23. The molecule has 7 heteroatoms. The van der Waals surface area contributed by atoms with Gasteiger partial charge < -0.3 is 19.8 Å². The molecule has 2 heterocycles. The maximum atomic E-state index is 13.9. The van der Waals surface area contributed by atoms with Crippen LogP contribution in [0, 0.1) is 12.7 Å². The summed E-state index contributed by atoms with van der Waals surface area (Å²) in [6.07, 6.45) is 2.41. The summed E-state index contributed by atoms with van der Waals surface area (Å²) in [5.74, 6) is -0.917. The summed E-state index contributed by atoms with van der Waals surface area (Å²) in [6.45, 7) is 2.20. The van der Waals surface area contributed by atoms with E-state index in [1.54, 1.807) is 6.92 Å². The monoisotopic (exact) mass is 332 g/mol. The van der Waals surface area contributed by atoms with E-state index in [-0.39, 0.29) is 11.6 Å². The third-order valence-electron chi connectivity index (χ3n) is 3.81. The van der Waals surface area contributed by atoms with Gasteiger partial charge in [0.15, 0.2) is 0 Å². The van der Waals surface area contributed by atoms with Crippen LogP contribution in [-0.2, 0) is 9.53 Å². The number of rotatable bonds is 4. The van der Waals surface area contributed by atoms with E-state index in [4.69, 9.17) is 9.15 Å². The largest absolute Gasteiger partial charge is 0.469 e. The summed E-state index contributed by atoms with van der Waals surface area (Å²) in [5.41, 5.74) is 0.685. The summed E-state index contributed by atoms with van der Waals surface area (Å²) in [6, 6.07) is 5.49.